The van der Waals surface area contributed by atoms with Crippen LogP contribution in [0, 0.1) is 0 Å². The van der Waals surface area contributed by atoms with E-state index in [1.54, 1.807) is 9.80 Å². The summed E-state index contributed by atoms with van der Waals surface area (Å²) >= 11 is 0. The molecule has 9 heteroatoms. The number of rotatable bonds is 6. The highest BCUT2D eigenvalue weighted by Crippen LogP contribution is 2.14. The molecule has 2 atom stereocenters. The van der Waals surface area contributed by atoms with E-state index < -0.39 is 21.9 Å². The van der Waals surface area contributed by atoms with Crippen molar-refractivity contribution in [2.24, 2.45) is 0 Å². The van der Waals surface area contributed by atoms with Gasteiger partial charge < -0.3 is 20.4 Å². The summed E-state index contributed by atoms with van der Waals surface area (Å²) in [6.45, 7) is 9.58. The quantitative estimate of drug-likeness (QED) is 0.719. The molecule has 23 heavy (non-hydrogen) atoms. The van der Waals surface area contributed by atoms with Crippen molar-refractivity contribution in [3.8, 4) is 0 Å². The van der Waals surface area contributed by atoms with Crippen molar-refractivity contribution in [1.29, 1.82) is 0 Å². The second-order valence-corrected chi connectivity index (χ2v) is 7.69. The fourth-order valence-electron chi connectivity index (χ4n) is 2.65. The molecule has 1 fully saturated rings. The van der Waals surface area contributed by atoms with E-state index in [2.05, 4.69) is 10.6 Å². The minimum absolute atomic E-state index is 0.150. The SMILES string of the molecule is CCN(CC)C(=O)N[C@@H]1CS(=O)(=O)C[C@H]1NC(=O)N(CC)CC. The van der Waals surface area contributed by atoms with Crippen molar-refractivity contribution in [1.82, 2.24) is 20.4 Å². The predicted octanol–water partition coefficient (Wildman–Crippen LogP) is 0.255. The largest absolute Gasteiger partial charge is 0.332 e. The summed E-state index contributed by atoms with van der Waals surface area (Å²) in [6.07, 6.45) is 0. The van der Waals surface area contributed by atoms with Gasteiger partial charge in [0.2, 0.25) is 0 Å². The molecule has 1 aliphatic heterocycles. The van der Waals surface area contributed by atoms with Gasteiger partial charge in [-0.05, 0) is 27.7 Å². The summed E-state index contributed by atoms with van der Waals surface area (Å²) in [5.41, 5.74) is 0. The first-order valence-corrected chi connectivity index (χ1v) is 9.91. The van der Waals surface area contributed by atoms with E-state index in [1.165, 1.54) is 0 Å². The summed E-state index contributed by atoms with van der Waals surface area (Å²) in [5, 5.41) is 5.48. The highest BCUT2D eigenvalue weighted by molar-refractivity contribution is 7.91. The minimum Gasteiger partial charge on any atom is -0.332 e. The van der Waals surface area contributed by atoms with Crippen molar-refractivity contribution in [2.75, 3.05) is 37.7 Å². The average molecular weight is 348 g/mol. The van der Waals surface area contributed by atoms with Crippen LogP contribution in [0.5, 0.6) is 0 Å². The number of sulfone groups is 1. The van der Waals surface area contributed by atoms with E-state index in [0.717, 1.165) is 0 Å². The molecule has 0 radical (unpaired) electrons. The van der Waals surface area contributed by atoms with Crippen LogP contribution in [0.4, 0.5) is 9.59 Å². The van der Waals surface area contributed by atoms with Crippen molar-refractivity contribution < 1.29 is 18.0 Å². The van der Waals surface area contributed by atoms with E-state index in [4.69, 9.17) is 0 Å². The number of carbonyl (C=O) groups is 2. The summed E-state index contributed by atoms with van der Waals surface area (Å²) in [5.74, 6) is -0.299. The molecule has 1 heterocycles. The molecule has 1 saturated heterocycles. The molecular formula is C14H28N4O4S. The number of amides is 4. The fourth-order valence-corrected chi connectivity index (χ4v) is 4.52. The number of hydrogen-bond acceptors (Lipinski definition) is 4. The molecule has 0 aromatic carbocycles. The van der Waals surface area contributed by atoms with Crippen LogP contribution >= 0.6 is 0 Å². The molecule has 0 saturated carbocycles. The molecule has 0 spiro atoms. The molecule has 2 N–H and O–H groups in total. The van der Waals surface area contributed by atoms with E-state index in [1.807, 2.05) is 27.7 Å². The van der Waals surface area contributed by atoms with Gasteiger partial charge >= 0.3 is 12.1 Å². The lowest BCUT2D eigenvalue weighted by atomic mass is 10.2. The molecule has 0 unspecified atom stereocenters. The Balaban J connectivity index is 2.79. The van der Waals surface area contributed by atoms with Gasteiger partial charge in [0.1, 0.15) is 0 Å². The van der Waals surface area contributed by atoms with Crippen molar-refractivity contribution in [3.05, 3.63) is 0 Å². The van der Waals surface area contributed by atoms with Gasteiger partial charge in [-0.3, -0.25) is 0 Å². The maximum absolute atomic E-state index is 12.1. The number of urea groups is 2. The van der Waals surface area contributed by atoms with Crippen LogP contribution < -0.4 is 10.6 Å². The van der Waals surface area contributed by atoms with Gasteiger partial charge in [-0.15, -0.1) is 0 Å². The van der Waals surface area contributed by atoms with Crippen LogP contribution in [0.2, 0.25) is 0 Å². The number of carbonyl (C=O) groups excluding carboxylic acids is 2. The Morgan fingerprint density at radius 1 is 0.826 bits per heavy atom. The van der Waals surface area contributed by atoms with Crippen LogP contribution in [0.15, 0.2) is 0 Å². The van der Waals surface area contributed by atoms with Gasteiger partial charge in [0.15, 0.2) is 9.84 Å². The Morgan fingerprint density at radius 3 is 1.39 bits per heavy atom. The third kappa shape index (κ3) is 5.26. The van der Waals surface area contributed by atoms with Crippen LogP contribution in [-0.4, -0.2) is 80.0 Å². The third-order valence-electron chi connectivity index (χ3n) is 4.07. The monoisotopic (exact) mass is 348 g/mol. The standard InChI is InChI=1S/C14H28N4O4S/c1-5-17(6-2)13(19)15-11-9-23(21,22)10-12(11)16-14(20)18(7-3)8-4/h11-12H,5-10H2,1-4H3,(H,15,19)(H,16,20)/t11-,12-/m1/s1. The highest BCUT2D eigenvalue weighted by atomic mass is 32.2. The molecule has 0 bridgehead atoms. The van der Waals surface area contributed by atoms with Gasteiger partial charge in [0.25, 0.3) is 0 Å². The van der Waals surface area contributed by atoms with Crippen LogP contribution in [0.3, 0.4) is 0 Å². The van der Waals surface area contributed by atoms with Crippen molar-refractivity contribution >= 4 is 21.9 Å². The summed E-state index contributed by atoms with van der Waals surface area (Å²) in [4.78, 5) is 27.4. The number of nitrogens with zero attached hydrogens (tertiary/aromatic N) is 2. The molecule has 1 aliphatic rings. The first-order chi connectivity index (χ1) is 10.8. The normalized spacial score (nSPS) is 22.4. The predicted molar refractivity (Wildman–Crippen MR) is 89.1 cm³/mol. The van der Waals surface area contributed by atoms with E-state index >= 15 is 0 Å². The molecular weight excluding hydrogens is 320 g/mol. The number of nitrogens with one attached hydrogen (secondary N) is 2. The average Bonchev–Trinajstić information content (AvgIpc) is 2.75. The second kappa shape index (κ2) is 8.37. The lowest BCUT2D eigenvalue weighted by Gasteiger charge is -2.27. The van der Waals surface area contributed by atoms with Crippen molar-refractivity contribution in [2.45, 2.75) is 39.8 Å². The van der Waals surface area contributed by atoms with Gasteiger partial charge in [0.05, 0.1) is 23.6 Å². The first-order valence-electron chi connectivity index (χ1n) is 8.09. The van der Waals surface area contributed by atoms with Crippen molar-refractivity contribution in [3.63, 3.8) is 0 Å². The molecule has 4 amide bonds. The Morgan fingerprint density at radius 2 is 1.13 bits per heavy atom. The maximum atomic E-state index is 12.1. The summed E-state index contributed by atoms with van der Waals surface area (Å²) in [7, 11) is -3.28. The fraction of sp³-hybridized carbons (Fsp3) is 0.857. The lowest BCUT2D eigenvalue weighted by Crippen LogP contribution is -2.56. The Kier molecular flexibility index (Phi) is 7.11. The Bertz CT molecular complexity index is 475. The van der Waals surface area contributed by atoms with E-state index in [-0.39, 0.29) is 23.6 Å². The molecule has 134 valence electrons. The molecule has 0 aliphatic carbocycles. The molecule has 0 aromatic rings. The van der Waals surface area contributed by atoms with E-state index in [0.29, 0.717) is 26.2 Å². The molecule has 1 rings (SSSR count). The van der Waals surface area contributed by atoms with Gasteiger partial charge in [0, 0.05) is 26.2 Å². The van der Waals surface area contributed by atoms with E-state index in [9.17, 15) is 18.0 Å². The molecule has 8 nitrogen and oxygen atoms in total. The summed E-state index contributed by atoms with van der Waals surface area (Å²) in [6, 6.07) is -1.82. The van der Waals surface area contributed by atoms with Gasteiger partial charge in [-0.25, -0.2) is 18.0 Å². The Hall–Kier alpha value is -1.51. The number of hydrogen-bond donors (Lipinski definition) is 2. The van der Waals surface area contributed by atoms with Crippen LogP contribution in [0.1, 0.15) is 27.7 Å². The Labute approximate surface area is 138 Å². The topological polar surface area (TPSA) is 98.8 Å². The minimum atomic E-state index is -3.28. The highest BCUT2D eigenvalue weighted by Gasteiger charge is 2.40. The lowest BCUT2D eigenvalue weighted by molar-refractivity contribution is 0.190. The van der Waals surface area contributed by atoms with Gasteiger partial charge in [-0.2, -0.15) is 0 Å². The zero-order valence-electron chi connectivity index (χ0n) is 14.3. The maximum Gasteiger partial charge on any atom is 0.317 e. The van der Waals surface area contributed by atoms with Gasteiger partial charge in [-0.1, -0.05) is 0 Å². The zero-order chi connectivity index (χ0) is 17.6. The summed E-state index contributed by atoms with van der Waals surface area (Å²) < 4.78 is 23.8. The zero-order valence-corrected chi connectivity index (χ0v) is 15.1. The smallest absolute Gasteiger partial charge is 0.317 e. The molecule has 0 aromatic heterocycles. The van der Waals surface area contributed by atoms with Crippen LogP contribution in [0.25, 0.3) is 0 Å². The second-order valence-electron chi connectivity index (χ2n) is 5.53. The third-order valence-corrected chi connectivity index (χ3v) is 5.81. The first kappa shape index (κ1) is 19.5. The van der Waals surface area contributed by atoms with Crippen LogP contribution in [-0.2, 0) is 9.84 Å².